The Labute approximate surface area is 175 Å². The molecule has 158 valence electrons. The van der Waals surface area contributed by atoms with Crippen molar-refractivity contribution < 1.29 is 23.5 Å². The highest BCUT2D eigenvalue weighted by Gasteiger charge is 2.42. The van der Waals surface area contributed by atoms with Crippen LogP contribution in [-0.4, -0.2) is 68.1 Å². The van der Waals surface area contributed by atoms with E-state index >= 15 is 0 Å². The summed E-state index contributed by atoms with van der Waals surface area (Å²) in [6.45, 7) is 2.72. The van der Waals surface area contributed by atoms with Gasteiger partial charge in [-0.15, -0.1) is 0 Å². The average Bonchev–Trinajstić information content (AvgIpc) is 3.24. The molecule has 2 heterocycles. The SMILES string of the molecule is COc1cccc(C2CN(C(=O)c3ccccc3F)CC2C(=O)N2CCOCC2)c1. The molecule has 0 N–H and O–H groups in total. The molecular weight excluding hydrogens is 387 g/mol. The third-order valence-electron chi connectivity index (χ3n) is 5.87. The lowest BCUT2D eigenvalue weighted by molar-refractivity contribution is -0.139. The summed E-state index contributed by atoms with van der Waals surface area (Å²) in [6, 6.07) is 13.5. The number of halogens is 1. The first-order valence-corrected chi connectivity index (χ1v) is 10.1. The molecule has 2 atom stereocenters. The smallest absolute Gasteiger partial charge is 0.256 e. The van der Waals surface area contributed by atoms with Gasteiger partial charge in [0.15, 0.2) is 0 Å². The van der Waals surface area contributed by atoms with Gasteiger partial charge in [-0.1, -0.05) is 24.3 Å². The van der Waals surface area contributed by atoms with Crippen LogP contribution in [-0.2, 0) is 9.53 Å². The largest absolute Gasteiger partial charge is 0.497 e. The van der Waals surface area contributed by atoms with Crippen LogP contribution in [0.4, 0.5) is 4.39 Å². The quantitative estimate of drug-likeness (QED) is 0.775. The Kier molecular flexibility index (Phi) is 5.99. The van der Waals surface area contributed by atoms with E-state index in [0.717, 1.165) is 5.56 Å². The van der Waals surface area contributed by atoms with E-state index in [1.54, 1.807) is 29.0 Å². The molecule has 2 aliphatic heterocycles. The molecule has 2 amide bonds. The summed E-state index contributed by atoms with van der Waals surface area (Å²) < 4.78 is 24.9. The number of benzene rings is 2. The molecule has 0 aliphatic carbocycles. The van der Waals surface area contributed by atoms with Crippen LogP contribution in [0.5, 0.6) is 5.75 Å². The van der Waals surface area contributed by atoms with Gasteiger partial charge >= 0.3 is 0 Å². The summed E-state index contributed by atoms with van der Waals surface area (Å²) in [5.74, 6) is -0.822. The minimum atomic E-state index is -0.552. The van der Waals surface area contributed by atoms with Crippen molar-refractivity contribution >= 4 is 11.8 Å². The maximum absolute atomic E-state index is 14.2. The van der Waals surface area contributed by atoms with E-state index in [4.69, 9.17) is 9.47 Å². The monoisotopic (exact) mass is 412 g/mol. The fraction of sp³-hybridized carbons (Fsp3) is 0.391. The van der Waals surface area contributed by atoms with Gasteiger partial charge in [-0.25, -0.2) is 4.39 Å². The number of hydrogen-bond acceptors (Lipinski definition) is 4. The molecule has 2 aromatic rings. The molecular formula is C23H25FN2O4. The van der Waals surface area contributed by atoms with E-state index in [0.29, 0.717) is 38.6 Å². The van der Waals surface area contributed by atoms with Crippen molar-refractivity contribution in [2.24, 2.45) is 5.92 Å². The predicted octanol–water partition coefficient (Wildman–Crippen LogP) is 2.55. The zero-order chi connectivity index (χ0) is 21.1. The molecule has 0 saturated carbocycles. The van der Waals surface area contributed by atoms with Gasteiger partial charge in [-0.05, 0) is 29.8 Å². The summed E-state index contributed by atoms with van der Waals surface area (Å²) in [4.78, 5) is 29.8. The molecule has 0 bridgehead atoms. The molecule has 2 aliphatic rings. The van der Waals surface area contributed by atoms with Crippen molar-refractivity contribution in [1.29, 1.82) is 0 Å². The summed E-state index contributed by atoms with van der Waals surface area (Å²) in [5, 5.41) is 0. The average molecular weight is 412 g/mol. The summed E-state index contributed by atoms with van der Waals surface area (Å²) in [7, 11) is 1.60. The van der Waals surface area contributed by atoms with Gasteiger partial charge in [-0.2, -0.15) is 0 Å². The van der Waals surface area contributed by atoms with Gasteiger partial charge in [0.2, 0.25) is 5.91 Å². The predicted molar refractivity (Wildman–Crippen MR) is 109 cm³/mol. The molecule has 0 radical (unpaired) electrons. The first kappa shape index (κ1) is 20.3. The maximum Gasteiger partial charge on any atom is 0.256 e. The van der Waals surface area contributed by atoms with E-state index in [1.165, 1.54) is 12.1 Å². The first-order valence-electron chi connectivity index (χ1n) is 10.1. The molecule has 6 nitrogen and oxygen atoms in total. The lowest BCUT2D eigenvalue weighted by atomic mass is 9.87. The standard InChI is InChI=1S/C23H25FN2O4/c1-29-17-6-4-5-16(13-17)19-14-26(22(27)18-7-2-3-8-21(18)24)15-20(19)23(28)25-9-11-30-12-10-25/h2-8,13,19-20H,9-12,14-15H2,1H3. The Balaban J connectivity index is 1.63. The topological polar surface area (TPSA) is 59.1 Å². The van der Waals surface area contributed by atoms with Gasteiger partial charge in [0.1, 0.15) is 11.6 Å². The Bertz CT molecular complexity index is 929. The van der Waals surface area contributed by atoms with Crippen LogP contribution in [0, 0.1) is 11.7 Å². The number of morpholine rings is 1. The molecule has 2 saturated heterocycles. The van der Waals surface area contributed by atoms with Crippen LogP contribution in [0.1, 0.15) is 21.8 Å². The zero-order valence-electron chi connectivity index (χ0n) is 16.9. The van der Waals surface area contributed by atoms with Crippen molar-refractivity contribution in [3.8, 4) is 5.75 Å². The van der Waals surface area contributed by atoms with Crippen LogP contribution in [0.25, 0.3) is 0 Å². The van der Waals surface area contributed by atoms with Gasteiger partial charge in [0.25, 0.3) is 5.91 Å². The summed E-state index contributed by atoms with van der Waals surface area (Å²) in [6.07, 6.45) is 0. The molecule has 7 heteroatoms. The van der Waals surface area contributed by atoms with Crippen molar-refractivity contribution in [2.75, 3.05) is 46.5 Å². The van der Waals surface area contributed by atoms with Crippen molar-refractivity contribution in [3.05, 3.63) is 65.5 Å². The van der Waals surface area contributed by atoms with Crippen LogP contribution < -0.4 is 4.74 Å². The number of ether oxygens (including phenoxy) is 2. The normalized spacial score (nSPS) is 21.5. The third-order valence-corrected chi connectivity index (χ3v) is 5.87. The molecule has 0 spiro atoms. The fourth-order valence-electron chi connectivity index (χ4n) is 4.25. The van der Waals surface area contributed by atoms with E-state index in [-0.39, 0.29) is 23.9 Å². The number of methoxy groups -OCH3 is 1. The number of carbonyl (C=O) groups excluding carboxylic acids is 2. The molecule has 2 fully saturated rings. The van der Waals surface area contributed by atoms with E-state index in [2.05, 4.69) is 0 Å². The van der Waals surface area contributed by atoms with Crippen molar-refractivity contribution in [1.82, 2.24) is 9.80 Å². The summed E-state index contributed by atoms with van der Waals surface area (Å²) in [5.41, 5.74) is 0.964. The Morgan fingerprint density at radius 3 is 2.53 bits per heavy atom. The van der Waals surface area contributed by atoms with Crippen LogP contribution in [0.15, 0.2) is 48.5 Å². The first-order chi connectivity index (χ1) is 14.6. The van der Waals surface area contributed by atoms with E-state index < -0.39 is 17.6 Å². The maximum atomic E-state index is 14.2. The third kappa shape index (κ3) is 4.03. The minimum absolute atomic E-state index is 0.00922. The molecule has 2 aromatic carbocycles. The van der Waals surface area contributed by atoms with E-state index in [9.17, 15) is 14.0 Å². The van der Waals surface area contributed by atoms with Gasteiger partial charge in [0, 0.05) is 32.1 Å². The molecule has 2 unspecified atom stereocenters. The number of hydrogen-bond donors (Lipinski definition) is 0. The zero-order valence-corrected chi connectivity index (χ0v) is 16.9. The van der Waals surface area contributed by atoms with Crippen molar-refractivity contribution in [2.45, 2.75) is 5.92 Å². The molecule has 0 aromatic heterocycles. The lowest BCUT2D eigenvalue weighted by Crippen LogP contribution is -2.45. The highest BCUT2D eigenvalue weighted by Crippen LogP contribution is 2.36. The summed E-state index contributed by atoms with van der Waals surface area (Å²) >= 11 is 0. The number of nitrogens with zero attached hydrogens (tertiary/aromatic N) is 2. The second kappa shape index (κ2) is 8.83. The van der Waals surface area contributed by atoms with Gasteiger partial charge in [0.05, 0.1) is 31.8 Å². The number of amides is 2. The van der Waals surface area contributed by atoms with Crippen LogP contribution >= 0.6 is 0 Å². The van der Waals surface area contributed by atoms with Gasteiger partial charge < -0.3 is 19.3 Å². The fourth-order valence-corrected chi connectivity index (χ4v) is 4.25. The lowest BCUT2D eigenvalue weighted by Gasteiger charge is -2.30. The second-order valence-corrected chi connectivity index (χ2v) is 7.62. The molecule has 4 rings (SSSR count). The van der Waals surface area contributed by atoms with Crippen molar-refractivity contribution in [3.63, 3.8) is 0 Å². The van der Waals surface area contributed by atoms with E-state index in [1.807, 2.05) is 24.3 Å². The highest BCUT2D eigenvalue weighted by atomic mass is 19.1. The van der Waals surface area contributed by atoms with Crippen LogP contribution in [0.3, 0.4) is 0 Å². The Morgan fingerprint density at radius 1 is 1.03 bits per heavy atom. The number of likely N-dealkylation sites (tertiary alicyclic amines) is 1. The Morgan fingerprint density at radius 2 is 1.80 bits per heavy atom. The number of carbonyl (C=O) groups is 2. The second-order valence-electron chi connectivity index (χ2n) is 7.62. The molecule has 30 heavy (non-hydrogen) atoms. The van der Waals surface area contributed by atoms with Crippen LogP contribution in [0.2, 0.25) is 0 Å². The highest BCUT2D eigenvalue weighted by molar-refractivity contribution is 5.95. The number of rotatable bonds is 4. The Hall–Kier alpha value is -2.93. The van der Waals surface area contributed by atoms with Gasteiger partial charge in [-0.3, -0.25) is 9.59 Å². The minimum Gasteiger partial charge on any atom is -0.497 e.